The highest BCUT2D eigenvalue weighted by Crippen LogP contribution is 2.33. The van der Waals surface area contributed by atoms with Crippen molar-refractivity contribution < 1.29 is 14.3 Å². The Hall–Kier alpha value is -4.30. The molecule has 0 radical (unpaired) electrons. The number of nitrogens with one attached hydrogen (secondary N) is 3. The highest BCUT2D eigenvalue weighted by molar-refractivity contribution is 6.32. The summed E-state index contributed by atoms with van der Waals surface area (Å²) in [4.78, 5) is 21.9. The molecule has 2 aliphatic rings. The van der Waals surface area contributed by atoms with Crippen molar-refractivity contribution in [2.75, 3.05) is 22.7 Å². The quantitative estimate of drug-likeness (QED) is 0.335. The molecule has 3 N–H and O–H groups in total. The fourth-order valence-corrected chi connectivity index (χ4v) is 4.24. The summed E-state index contributed by atoms with van der Waals surface area (Å²) in [5.41, 5.74) is 5.04. The lowest BCUT2D eigenvalue weighted by Crippen LogP contribution is -2.14. The molecule has 0 fully saturated rings. The van der Waals surface area contributed by atoms with Gasteiger partial charge in [0.25, 0.3) is 5.91 Å². The van der Waals surface area contributed by atoms with E-state index in [-0.39, 0.29) is 12.7 Å². The zero-order valence-electron chi connectivity index (χ0n) is 18.5. The minimum atomic E-state index is -0.224. The van der Waals surface area contributed by atoms with E-state index in [9.17, 15) is 4.79 Å². The van der Waals surface area contributed by atoms with Crippen molar-refractivity contribution in [3.05, 3.63) is 88.6 Å². The van der Waals surface area contributed by atoms with Crippen molar-refractivity contribution >= 4 is 46.3 Å². The maximum absolute atomic E-state index is 13.0. The van der Waals surface area contributed by atoms with Gasteiger partial charge in [-0.25, -0.2) is 4.98 Å². The first-order valence-electron chi connectivity index (χ1n) is 11.1. The minimum absolute atomic E-state index is 0.160. The van der Waals surface area contributed by atoms with Crippen LogP contribution in [0.1, 0.15) is 21.5 Å². The molecule has 0 aliphatic carbocycles. The Labute approximate surface area is 206 Å². The van der Waals surface area contributed by atoms with Gasteiger partial charge in [0.05, 0.1) is 6.20 Å². The first-order valence-corrected chi connectivity index (χ1v) is 11.5. The molecular formula is C26H20ClN5O3. The number of anilines is 5. The average molecular weight is 486 g/mol. The summed E-state index contributed by atoms with van der Waals surface area (Å²) in [6.07, 6.45) is 3.06. The van der Waals surface area contributed by atoms with Crippen LogP contribution < -0.4 is 25.4 Å². The first-order chi connectivity index (χ1) is 17.1. The van der Waals surface area contributed by atoms with E-state index in [1.165, 1.54) is 0 Å². The van der Waals surface area contributed by atoms with Gasteiger partial charge in [-0.1, -0.05) is 23.7 Å². The Morgan fingerprint density at radius 3 is 2.77 bits per heavy atom. The number of fused-ring (bicyclic) bond motifs is 7. The molecule has 9 heteroatoms. The maximum atomic E-state index is 13.0. The minimum Gasteiger partial charge on any atom is -0.454 e. The van der Waals surface area contributed by atoms with Crippen molar-refractivity contribution in [3.8, 4) is 11.5 Å². The van der Waals surface area contributed by atoms with E-state index in [0.29, 0.717) is 40.3 Å². The van der Waals surface area contributed by atoms with Gasteiger partial charge in [0.2, 0.25) is 12.7 Å². The predicted octanol–water partition coefficient (Wildman–Crippen LogP) is 5.70. The number of aromatic nitrogens is 2. The fourth-order valence-electron chi connectivity index (χ4n) is 4.10. The second kappa shape index (κ2) is 8.81. The molecule has 2 aliphatic heterocycles. The van der Waals surface area contributed by atoms with Crippen molar-refractivity contribution in [1.82, 2.24) is 9.97 Å². The van der Waals surface area contributed by atoms with Gasteiger partial charge in [0, 0.05) is 22.6 Å². The molecule has 0 unspecified atom stereocenters. The van der Waals surface area contributed by atoms with Gasteiger partial charge in [0.1, 0.15) is 5.02 Å². The normalized spacial score (nSPS) is 13.4. The number of hydrogen-bond acceptors (Lipinski definition) is 7. The fraction of sp³-hybridized carbons (Fsp3) is 0.115. The van der Waals surface area contributed by atoms with Crippen LogP contribution in [0.4, 0.5) is 28.8 Å². The summed E-state index contributed by atoms with van der Waals surface area (Å²) >= 11 is 6.35. The van der Waals surface area contributed by atoms with Crippen LogP contribution in [-0.2, 0) is 12.8 Å². The lowest BCUT2D eigenvalue weighted by atomic mass is 10.0. The molecule has 3 aromatic carbocycles. The monoisotopic (exact) mass is 485 g/mol. The largest absolute Gasteiger partial charge is 0.454 e. The maximum Gasteiger partial charge on any atom is 0.255 e. The van der Waals surface area contributed by atoms with E-state index >= 15 is 0 Å². The highest BCUT2D eigenvalue weighted by Gasteiger charge is 2.18. The molecule has 3 heterocycles. The topological polar surface area (TPSA) is 97.4 Å². The van der Waals surface area contributed by atoms with Crippen molar-refractivity contribution in [2.24, 2.45) is 0 Å². The molecule has 35 heavy (non-hydrogen) atoms. The second-order valence-corrected chi connectivity index (χ2v) is 8.64. The van der Waals surface area contributed by atoms with Crippen LogP contribution in [-0.4, -0.2) is 22.7 Å². The summed E-state index contributed by atoms with van der Waals surface area (Å²) in [6, 6.07) is 19.0. The standard InChI is InChI=1S/C26H20ClN5O3/c27-20-13-28-26-30-18-3-1-2-15(10-18)4-5-16-11-19(29-24(20)32-26)7-8-21(16)31-25(33)17-6-9-22-23(12-17)35-14-34-22/h1-3,6-13H,4-5,14H2,(H,31,33)(H2,28,29,30,32). The van der Waals surface area contributed by atoms with E-state index in [4.69, 9.17) is 21.1 Å². The Kier molecular flexibility index (Phi) is 5.35. The number of halogens is 1. The summed E-state index contributed by atoms with van der Waals surface area (Å²) in [6.45, 7) is 0.160. The number of hydrogen-bond donors (Lipinski definition) is 3. The highest BCUT2D eigenvalue weighted by atomic mass is 35.5. The third kappa shape index (κ3) is 4.43. The Balaban J connectivity index is 1.34. The second-order valence-electron chi connectivity index (χ2n) is 8.23. The number of aryl methyl sites for hydroxylation is 2. The summed E-state index contributed by atoms with van der Waals surface area (Å²) in [5.74, 6) is 1.91. The van der Waals surface area contributed by atoms with Crippen LogP contribution in [0.25, 0.3) is 0 Å². The van der Waals surface area contributed by atoms with E-state index < -0.39 is 0 Å². The van der Waals surface area contributed by atoms with Crippen molar-refractivity contribution in [2.45, 2.75) is 12.8 Å². The number of rotatable bonds is 2. The van der Waals surface area contributed by atoms with Crippen molar-refractivity contribution in [3.63, 3.8) is 0 Å². The van der Waals surface area contributed by atoms with Gasteiger partial charge in [-0.15, -0.1) is 0 Å². The molecule has 0 spiro atoms. The molecule has 0 saturated carbocycles. The molecule has 4 aromatic rings. The average Bonchev–Trinajstić information content (AvgIpc) is 3.34. The summed E-state index contributed by atoms with van der Waals surface area (Å²) in [7, 11) is 0. The molecular weight excluding hydrogens is 466 g/mol. The van der Waals surface area contributed by atoms with Gasteiger partial charge in [-0.05, 0) is 72.5 Å². The zero-order chi connectivity index (χ0) is 23.8. The molecule has 6 bridgehead atoms. The molecule has 0 saturated heterocycles. The smallest absolute Gasteiger partial charge is 0.255 e. The lowest BCUT2D eigenvalue weighted by molar-refractivity contribution is 0.102. The first kappa shape index (κ1) is 21.2. The SMILES string of the molecule is O=C(Nc1ccc2cc1CCc1cccc(c1)Nc1ncc(Cl)c(n1)N2)c1ccc2c(c1)OCO2. The third-order valence-corrected chi connectivity index (χ3v) is 6.14. The van der Waals surface area contributed by atoms with Gasteiger partial charge >= 0.3 is 0 Å². The number of carbonyl (C=O) groups is 1. The number of carbonyl (C=O) groups excluding carboxylic acids is 1. The summed E-state index contributed by atoms with van der Waals surface area (Å²) in [5, 5.41) is 9.96. The van der Waals surface area contributed by atoms with Crippen LogP contribution in [0.3, 0.4) is 0 Å². The Morgan fingerprint density at radius 2 is 1.83 bits per heavy atom. The number of benzene rings is 3. The van der Waals surface area contributed by atoms with Crippen LogP contribution in [0, 0.1) is 0 Å². The van der Waals surface area contributed by atoms with Crippen molar-refractivity contribution in [1.29, 1.82) is 0 Å². The van der Waals surface area contributed by atoms with E-state index in [2.05, 4.69) is 38.1 Å². The Morgan fingerprint density at radius 1 is 0.943 bits per heavy atom. The van der Waals surface area contributed by atoms with E-state index in [0.717, 1.165) is 34.6 Å². The lowest BCUT2D eigenvalue weighted by Gasteiger charge is -2.15. The van der Waals surface area contributed by atoms with Gasteiger partial charge < -0.3 is 25.4 Å². The van der Waals surface area contributed by atoms with Crippen LogP contribution >= 0.6 is 11.6 Å². The Bertz CT molecular complexity index is 1460. The molecule has 1 aromatic heterocycles. The number of ether oxygens (including phenoxy) is 2. The third-order valence-electron chi connectivity index (χ3n) is 5.86. The van der Waals surface area contributed by atoms with Gasteiger partial charge in [-0.2, -0.15) is 4.98 Å². The van der Waals surface area contributed by atoms with Crippen LogP contribution in [0.2, 0.25) is 5.02 Å². The molecule has 6 rings (SSSR count). The number of amides is 1. The zero-order valence-corrected chi connectivity index (χ0v) is 19.2. The molecule has 1 amide bonds. The van der Waals surface area contributed by atoms with E-state index in [1.54, 1.807) is 24.4 Å². The predicted molar refractivity (Wildman–Crippen MR) is 134 cm³/mol. The van der Waals surface area contributed by atoms with E-state index in [1.807, 2.05) is 30.3 Å². The van der Waals surface area contributed by atoms with Crippen LogP contribution in [0.15, 0.2) is 66.9 Å². The number of nitrogens with zero attached hydrogens (tertiary/aromatic N) is 2. The molecule has 174 valence electrons. The molecule has 0 atom stereocenters. The van der Waals surface area contributed by atoms with Gasteiger partial charge in [-0.3, -0.25) is 4.79 Å². The van der Waals surface area contributed by atoms with Gasteiger partial charge in [0.15, 0.2) is 17.3 Å². The molecule has 8 nitrogen and oxygen atoms in total. The summed E-state index contributed by atoms with van der Waals surface area (Å²) < 4.78 is 10.8. The van der Waals surface area contributed by atoms with Crippen LogP contribution in [0.5, 0.6) is 11.5 Å².